The lowest BCUT2D eigenvalue weighted by atomic mass is 10.0. The summed E-state index contributed by atoms with van der Waals surface area (Å²) in [4.78, 5) is 24.8. The number of carbonyl (C=O) groups excluding carboxylic acids is 2. The Kier molecular flexibility index (Phi) is 12.4. The number of unbranched alkanes of at least 4 members (excludes halogenated alkanes) is 9. The lowest BCUT2D eigenvalue weighted by Crippen LogP contribution is -2.24. The molecule has 0 fully saturated rings. The Hall–Kier alpha value is -3.74. The average molecular weight is 532 g/mol. The largest absolute Gasteiger partial charge is 0.506 e. The zero-order chi connectivity index (χ0) is 27.9. The smallest absolute Gasteiger partial charge is 0.338 e. The number of rotatable bonds is 16. The van der Waals surface area contributed by atoms with E-state index in [0.717, 1.165) is 12.8 Å². The first-order valence-corrected chi connectivity index (χ1v) is 14.3. The third kappa shape index (κ3) is 9.20. The molecular weight excluding hydrogens is 490 g/mol. The molecular formula is C32H41N3O4. The topological polar surface area (TPSA) is 100 Å². The van der Waals surface area contributed by atoms with Gasteiger partial charge in [0.1, 0.15) is 5.75 Å². The van der Waals surface area contributed by atoms with Crippen LogP contribution in [0.4, 0.5) is 11.4 Å². The van der Waals surface area contributed by atoms with Crippen LogP contribution in [0.2, 0.25) is 0 Å². The molecule has 0 saturated heterocycles. The van der Waals surface area contributed by atoms with Crippen molar-refractivity contribution in [1.29, 1.82) is 0 Å². The Bertz CT molecular complexity index is 1240. The van der Waals surface area contributed by atoms with Gasteiger partial charge in [-0.15, -0.1) is 5.11 Å². The van der Waals surface area contributed by atoms with E-state index in [1.807, 2.05) is 18.2 Å². The molecule has 39 heavy (non-hydrogen) atoms. The third-order valence-corrected chi connectivity index (χ3v) is 6.71. The summed E-state index contributed by atoms with van der Waals surface area (Å²) < 4.78 is 5.01. The molecule has 0 atom stereocenters. The van der Waals surface area contributed by atoms with E-state index in [0.29, 0.717) is 40.9 Å². The Morgan fingerprint density at radius 1 is 0.795 bits per heavy atom. The molecule has 7 heteroatoms. The second-order valence-corrected chi connectivity index (χ2v) is 9.74. The molecule has 0 heterocycles. The van der Waals surface area contributed by atoms with Crippen molar-refractivity contribution in [2.24, 2.45) is 10.2 Å². The number of benzene rings is 3. The number of carbonyl (C=O) groups is 2. The first-order chi connectivity index (χ1) is 19.0. The maximum absolute atomic E-state index is 13.0. The number of hydrogen-bond donors (Lipinski definition) is 2. The van der Waals surface area contributed by atoms with Crippen LogP contribution in [0.1, 0.15) is 98.8 Å². The standard InChI is InChI=1S/C32H41N3O4/c1-3-5-6-7-8-9-10-11-12-15-22-33-31(37)28-23-29(26-16-13-14-17-27(26)30(28)36)35-34-25-20-18-24(19-21-25)32(38)39-4-2/h13-14,16-21,23,36H,3-12,15,22H2,1-2H3,(H,33,37). The van der Waals surface area contributed by atoms with Crippen LogP contribution in [0.5, 0.6) is 5.75 Å². The van der Waals surface area contributed by atoms with Crippen LogP contribution < -0.4 is 5.32 Å². The van der Waals surface area contributed by atoms with Crippen molar-refractivity contribution in [3.05, 3.63) is 65.7 Å². The lowest BCUT2D eigenvalue weighted by Gasteiger charge is -2.11. The van der Waals surface area contributed by atoms with Crippen molar-refractivity contribution in [2.45, 2.75) is 78.1 Å². The molecule has 208 valence electrons. The van der Waals surface area contributed by atoms with E-state index in [4.69, 9.17) is 4.74 Å². The van der Waals surface area contributed by atoms with Crippen molar-refractivity contribution < 1.29 is 19.4 Å². The van der Waals surface area contributed by atoms with Crippen LogP contribution in [-0.2, 0) is 4.74 Å². The van der Waals surface area contributed by atoms with E-state index < -0.39 is 0 Å². The maximum Gasteiger partial charge on any atom is 0.338 e. The van der Waals surface area contributed by atoms with E-state index in [-0.39, 0.29) is 23.2 Å². The lowest BCUT2D eigenvalue weighted by molar-refractivity contribution is 0.0526. The number of ether oxygens (including phenoxy) is 1. The van der Waals surface area contributed by atoms with Crippen molar-refractivity contribution in [3.63, 3.8) is 0 Å². The van der Waals surface area contributed by atoms with Crippen LogP contribution in [0.25, 0.3) is 10.8 Å². The van der Waals surface area contributed by atoms with Crippen LogP contribution in [0.15, 0.2) is 64.8 Å². The van der Waals surface area contributed by atoms with Gasteiger partial charge >= 0.3 is 5.97 Å². The summed E-state index contributed by atoms with van der Waals surface area (Å²) >= 11 is 0. The number of hydrogen-bond acceptors (Lipinski definition) is 6. The van der Waals surface area contributed by atoms with Gasteiger partial charge in [-0.1, -0.05) is 89.0 Å². The van der Waals surface area contributed by atoms with Crippen LogP contribution in [-0.4, -0.2) is 30.1 Å². The zero-order valence-electron chi connectivity index (χ0n) is 23.2. The highest BCUT2D eigenvalue weighted by atomic mass is 16.5. The number of fused-ring (bicyclic) bond motifs is 1. The van der Waals surface area contributed by atoms with Gasteiger partial charge in [0.25, 0.3) is 5.91 Å². The predicted molar refractivity (Wildman–Crippen MR) is 156 cm³/mol. The minimum atomic E-state index is -0.390. The summed E-state index contributed by atoms with van der Waals surface area (Å²) in [6.07, 6.45) is 12.3. The normalized spacial score (nSPS) is 11.2. The SMILES string of the molecule is CCCCCCCCCCCCNC(=O)c1cc(N=Nc2ccc(C(=O)OCC)cc2)c2ccccc2c1O. The fraction of sp³-hybridized carbons (Fsp3) is 0.438. The number of aromatic hydroxyl groups is 1. The number of amides is 1. The van der Waals surface area contributed by atoms with E-state index in [1.165, 1.54) is 51.4 Å². The number of esters is 1. The van der Waals surface area contributed by atoms with Gasteiger partial charge in [0.05, 0.1) is 29.1 Å². The van der Waals surface area contributed by atoms with Crippen LogP contribution >= 0.6 is 0 Å². The fourth-order valence-corrected chi connectivity index (χ4v) is 4.50. The summed E-state index contributed by atoms with van der Waals surface area (Å²) in [7, 11) is 0. The first-order valence-electron chi connectivity index (χ1n) is 14.3. The second-order valence-electron chi connectivity index (χ2n) is 9.74. The number of phenolic OH excluding ortho intramolecular Hbond substituents is 1. The van der Waals surface area contributed by atoms with Gasteiger partial charge in [0.15, 0.2) is 0 Å². The molecule has 0 radical (unpaired) electrons. The number of nitrogens with zero attached hydrogens (tertiary/aromatic N) is 2. The van der Waals surface area contributed by atoms with Crippen molar-refractivity contribution in [1.82, 2.24) is 5.32 Å². The van der Waals surface area contributed by atoms with Gasteiger partial charge in [-0.05, 0) is 43.7 Å². The van der Waals surface area contributed by atoms with E-state index in [9.17, 15) is 14.7 Å². The van der Waals surface area contributed by atoms with E-state index >= 15 is 0 Å². The molecule has 0 aliphatic carbocycles. The molecule has 2 N–H and O–H groups in total. The highest BCUT2D eigenvalue weighted by Gasteiger charge is 2.17. The van der Waals surface area contributed by atoms with Gasteiger partial charge in [-0.3, -0.25) is 4.79 Å². The maximum atomic E-state index is 13.0. The summed E-state index contributed by atoms with van der Waals surface area (Å²) in [5.74, 6) is -0.785. The molecule has 0 aromatic heterocycles. The quantitative estimate of drug-likeness (QED) is 0.110. The highest BCUT2D eigenvalue weighted by molar-refractivity contribution is 6.07. The first kappa shape index (κ1) is 29.8. The molecule has 7 nitrogen and oxygen atoms in total. The molecule has 3 aromatic rings. The fourth-order valence-electron chi connectivity index (χ4n) is 4.50. The molecule has 0 aliphatic rings. The van der Waals surface area contributed by atoms with Gasteiger partial charge in [0, 0.05) is 17.3 Å². The Labute approximate surface area is 231 Å². The highest BCUT2D eigenvalue weighted by Crippen LogP contribution is 2.37. The Morgan fingerprint density at radius 3 is 2.05 bits per heavy atom. The summed E-state index contributed by atoms with van der Waals surface area (Å²) in [5, 5.41) is 23.7. The summed E-state index contributed by atoms with van der Waals surface area (Å²) in [5.41, 5.74) is 1.63. The molecule has 0 unspecified atom stereocenters. The van der Waals surface area contributed by atoms with Crippen LogP contribution in [0, 0.1) is 0 Å². The minimum absolute atomic E-state index is 0.0658. The van der Waals surface area contributed by atoms with Crippen molar-refractivity contribution >= 4 is 34.0 Å². The average Bonchev–Trinajstić information content (AvgIpc) is 2.96. The third-order valence-electron chi connectivity index (χ3n) is 6.71. The molecule has 0 saturated carbocycles. The van der Waals surface area contributed by atoms with Crippen molar-refractivity contribution in [2.75, 3.05) is 13.2 Å². The summed E-state index contributed by atoms with van der Waals surface area (Å²) in [6, 6.07) is 15.4. The Morgan fingerprint density at radius 2 is 1.41 bits per heavy atom. The molecule has 1 amide bonds. The van der Waals surface area contributed by atoms with Gasteiger partial charge in [-0.25, -0.2) is 4.79 Å². The number of nitrogens with one attached hydrogen (secondary N) is 1. The van der Waals surface area contributed by atoms with E-state index in [2.05, 4.69) is 22.5 Å². The second kappa shape index (κ2) is 16.3. The molecule has 0 bridgehead atoms. The van der Waals surface area contributed by atoms with E-state index in [1.54, 1.807) is 43.3 Å². The monoisotopic (exact) mass is 531 g/mol. The van der Waals surface area contributed by atoms with Gasteiger partial charge in [0.2, 0.25) is 0 Å². The zero-order valence-corrected chi connectivity index (χ0v) is 23.2. The van der Waals surface area contributed by atoms with Gasteiger partial charge < -0.3 is 15.2 Å². The van der Waals surface area contributed by atoms with Crippen molar-refractivity contribution in [3.8, 4) is 5.75 Å². The Balaban J connectivity index is 1.60. The van der Waals surface area contributed by atoms with Gasteiger partial charge in [-0.2, -0.15) is 5.11 Å². The molecule has 0 aliphatic heterocycles. The number of phenols is 1. The molecule has 0 spiro atoms. The summed E-state index contributed by atoms with van der Waals surface area (Å²) in [6.45, 7) is 4.87. The van der Waals surface area contributed by atoms with Crippen LogP contribution in [0.3, 0.4) is 0 Å². The predicted octanol–water partition coefficient (Wildman–Crippen LogP) is 8.79. The number of azo groups is 1. The minimum Gasteiger partial charge on any atom is -0.506 e. The molecule has 3 rings (SSSR count). The molecule has 3 aromatic carbocycles.